The van der Waals surface area contributed by atoms with E-state index in [4.69, 9.17) is 4.74 Å². The number of likely N-dealkylation sites (N-methyl/N-ethyl adjacent to an activating group) is 1. The molecular weight excluding hydrogens is 380 g/mol. The number of amides is 2. The number of fused-ring (bicyclic) bond motifs is 1. The Hall–Kier alpha value is -3.32. The van der Waals surface area contributed by atoms with E-state index in [9.17, 15) is 9.59 Å². The summed E-state index contributed by atoms with van der Waals surface area (Å²) in [4.78, 5) is 32.1. The zero-order valence-corrected chi connectivity index (χ0v) is 17.9. The van der Waals surface area contributed by atoms with Crippen LogP contribution in [0.3, 0.4) is 0 Å². The van der Waals surface area contributed by atoms with Gasteiger partial charge in [-0.3, -0.25) is 4.79 Å². The molecule has 0 saturated heterocycles. The largest absolute Gasteiger partial charge is 0.497 e. The molecule has 2 amide bonds. The monoisotopic (exact) mass is 408 g/mol. The van der Waals surface area contributed by atoms with Crippen molar-refractivity contribution in [1.29, 1.82) is 0 Å². The van der Waals surface area contributed by atoms with Crippen LogP contribution in [0.4, 0.5) is 10.5 Å². The minimum absolute atomic E-state index is 0.182. The van der Waals surface area contributed by atoms with Crippen molar-refractivity contribution in [3.63, 3.8) is 0 Å². The number of aryl methyl sites for hydroxylation is 1. The second-order valence-corrected chi connectivity index (χ2v) is 7.60. The Balaban J connectivity index is 1.83. The Bertz CT molecular complexity index is 1070. The van der Waals surface area contributed by atoms with Crippen LogP contribution in [0, 0.1) is 6.92 Å². The Morgan fingerprint density at radius 3 is 2.47 bits per heavy atom. The molecule has 1 aromatic heterocycles. The van der Waals surface area contributed by atoms with E-state index in [1.165, 1.54) is 0 Å². The standard InChI is InChI=1S/C23H28N4O3/c1-16-5-10-21-17(13-16)14-18(22(28)25-21)15-27(12-11-26(2)3)23(29)24-19-6-8-20(30-4)9-7-19/h5-10,13-14H,11-12,15H2,1-4H3,(H,24,29)(H,25,28). The Morgan fingerprint density at radius 2 is 1.80 bits per heavy atom. The number of benzene rings is 2. The minimum Gasteiger partial charge on any atom is -0.497 e. The average Bonchev–Trinajstić information content (AvgIpc) is 2.72. The fourth-order valence-electron chi connectivity index (χ4n) is 3.14. The number of H-pyrrole nitrogens is 1. The van der Waals surface area contributed by atoms with Crippen LogP contribution >= 0.6 is 0 Å². The van der Waals surface area contributed by atoms with Gasteiger partial charge >= 0.3 is 6.03 Å². The molecule has 7 heteroatoms. The van der Waals surface area contributed by atoms with E-state index in [1.54, 1.807) is 36.3 Å². The molecule has 3 aromatic rings. The second kappa shape index (κ2) is 9.45. The molecule has 0 unspecified atom stereocenters. The summed E-state index contributed by atoms with van der Waals surface area (Å²) in [5.41, 5.74) is 2.94. The second-order valence-electron chi connectivity index (χ2n) is 7.60. The number of carbonyl (C=O) groups is 1. The molecule has 1 heterocycles. The van der Waals surface area contributed by atoms with Gasteiger partial charge in [-0.1, -0.05) is 11.6 Å². The number of aromatic nitrogens is 1. The molecule has 0 bridgehead atoms. The zero-order valence-electron chi connectivity index (χ0n) is 17.9. The van der Waals surface area contributed by atoms with Gasteiger partial charge < -0.3 is 24.8 Å². The van der Waals surface area contributed by atoms with Crippen molar-refractivity contribution in [1.82, 2.24) is 14.8 Å². The van der Waals surface area contributed by atoms with Crippen LogP contribution < -0.4 is 15.6 Å². The maximum atomic E-state index is 13.0. The minimum atomic E-state index is -0.259. The van der Waals surface area contributed by atoms with Gasteiger partial charge in [0.2, 0.25) is 0 Å². The lowest BCUT2D eigenvalue weighted by Crippen LogP contribution is -2.40. The van der Waals surface area contributed by atoms with Gasteiger partial charge in [-0.15, -0.1) is 0 Å². The lowest BCUT2D eigenvalue weighted by atomic mass is 10.1. The van der Waals surface area contributed by atoms with Gasteiger partial charge in [0.15, 0.2) is 0 Å². The molecule has 7 nitrogen and oxygen atoms in total. The summed E-state index contributed by atoms with van der Waals surface area (Å²) in [7, 11) is 5.50. The molecule has 0 aliphatic carbocycles. The van der Waals surface area contributed by atoms with Crippen molar-refractivity contribution in [2.45, 2.75) is 13.5 Å². The van der Waals surface area contributed by atoms with Crippen molar-refractivity contribution in [3.8, 4) is 5.75 Å². The summed E-state index contributed by atoms with van der Waals surface area (Å²) in [5, 5.41) is 3.86. The lowest BCUT2D eigenvalue weighted by Gasteiger charge is -2.25. The van der Waals surface area contributed by atoms with Crippen molar-refractivity contribution in [2.75, 3.05) is 39.6 Å². The zero-order chi connectivity index (χ0) is 21.7. The van der Waals surface area contributed by atoms with Crippen molar-refractivity contribution < 1.29 is 9.53 Å². The SMILES string of the molecule is COc1ccc(NC(=O)N(CCN(C)C)Cc2cc3cc(C)ccc3[nH]c2=O)cc1. The first kappa shape index (κ1) is 21.4. The van der Waals surface area contributed by atoms with Gasteiger partial charge in [-0.25, -0.2) is 4.79 Å². The van der Waals surface area contributed by atoms with Crippen LogP contribution in [0.15, 0.2) is 53.3 Å². The highest BCUT2D eigenvalue weighted by Gasteiger charge is 2.17. The molecule has 0 radical (unpaired) electrons. The van der Waals surface area contributed by atoms with E-state index >= 15 is 0 Å². The summed E-state index contributed by atoms with van der Waals surface area (Å²) in [5.74, 6) is 0.718. The number of ether oxygens (including phenoxy) is 1. The van der Waals surface area contributed by atoms with E-state index in [2.05, 4.69) is 10.3 Å². The number of carbonyl (C=O) groups excluding carboxylic acids is 1. The first-order chi connectivity index (χ1) is 14.4. The van der Waals surface area contributed by atoms with Crippen molar-refractivity contribution in [2.24, 2.45) is 0 Å². The molecule has 0 aliphatic heterocycles. The summed E-state index contributed by atoms with van der Waals surface area (Å²) in [6, 6.07) is 14.6. The highest BCUT2D eigenvalue weighted by molar-refractivity contribution is 5.89. The predicted molar refractivity (Wildman–Crippen MR) is 120 cm³/mol. The van der Waals surface area contributed by atoms with Crippen LogP contribution in [-0.4, -0.2) is 55.1 Å². The Kier molecular flexibility index (Phi) is 6.74. The topological polar surface area (TPSA) is 77.7 Å². The van der Waals surface area contributed by atoms with Gasteiger partial charge in [0, 0.05) is 29.9 Å². The van der Waals surface area contributed by atoms with E-state index in [0.717, 1.165) is 22.2 Å². The number of pyridine rings is 1. The van der Waals surface area contributed by atoms with Gasteiger partial charge in [-0.05, 0) is 68.9 Å². The van der Waals surface area contributed by atoms with Crippen LogP contribution in [0.1, 0.15) is 11.1 Å². The number of nitrogens with one attached hydrogen (secondary N) is 2. The molecule has 0 saturated carbocycles. The van der Waals surface area contributed by atoms with Crippen LogP contribution in [-0.2, 0) is 6.54 Å². The van der Waals surface area contributed by atoms with E-state index in [-0.39, 0.29) is 18.1 Å². The number of rotatable bonds is 7. The third-order valence-corrected chi connectivity index (χ3v) is 4.88. The first-order valence-corrected chi connectivity index (χ1v) is 9.83. The molecule has 0 aliphatic rings. The summed E-state index contributed by atoms with van der Waals surface area (Å²) in [6.07, 6.45) is 0. The molecule has 2 N–H and O–H groups in total. The fraction of sp³-hybridized carbons (Fsp3) is 0.304. The predicted octanol–water partition coefficient (Wildman–Crippen LogP) is 3.44. The molecule has 0 atom stereocenters. The molecule has 3 rings (SSSR count). The molecule has 0 fully saturated rings. The van der Waals surface area contributed by atoms with Crippen LogP contribution in [0.5, 0.6) is 5.75 Å². The van der Waals surface area contributed by atoms with Gasteiger partial charge in [0.25, 0.3) is 5.56 Å². The molecule has 158 valence electrons. The Labute approximate surface area is 176 Å². The molecular formula is C23H28N4O3. The summed E-state index contributed by atoms with van der Waals surface area (Å²) < 4.78 is 5.16. The number of hydrogen-bond donors (Lipinski definition) is 2. The van der Waals surface area contributed by atoms with Crippen molar-refractivity contribution in [3.05, 3.63) is 70.0 Å². The van der Waals surface area contributed by atoms with Gasteiger partial charge in [0.05, 0.1) is 13.7 Å². The third-order valence-electron chi connectivity index (χ3n) is 4.88. The maximum absolute atomic E-state index is 13.0. The highest BCUT2D eigenvalue weighted by atomic mass is 16.5. The summed E-state index contributed by atoms with van der Waals surface area (Å²) >= 11 is 0. The molecule has 30 heavy (non-hydrogen) atoms. The van der Waals surface area contributed by atoms with E-state index in [1.807, 2.05) is 50.2 Å². The van der Waals surface area contributed by atoms with E-state index in [0.29, 0.717) is 24.3 Å². The van der Waals surface area contributed by atoms with Crippen molar-refractivity contribution >= 4 is 22.6 Å². The van der Waals surface area contributed by atoms with E-state index < -0.39 is 0 Å². The smallest absolute Gasteiger partial charge is 0.322 e. The molecule has 2 aromatic carbocycles. The first-order valence-electron chi connectivity index (χ1n) is 9.83. The average molecular weight is 409 g/mol. The fourth-order valence-corrected chi connectivity index (χ4v) is 3.14. The van der Waals surface area contributed by atoms with Crippen LogP contribution in [0.25, 0.3) is 10.9 Å². The number of nitrogens with zero attached hydrogens (tertiary/aromatic N) is 2. The number of methoxy groups -OCH3 is 1. The highest BCUT2D eigenvalue weighted by Crippen LogP contribution is 2.17. The number of aromatic amines is 1. The summed E-state index contributed by atoms with van der Waals surface area (Å²) in [6.45, 7) is 3.39. The van der Waals surface area contributed by atoms with Gasteiger partial charge in [0.1, 0.15) is 5.75 Å². The van der Waals surface area contributed by atoms with Crippen LogP contribution in [0.2, 0.25) is 0 Å². The Morgan fingerprint density at radius 1 is 1.07 bits per heavy atom. The molecule has 0 spiro atoms. The number of anilines is 1. The quantitative estimate of drug-likeness (QED) is 0.628. The third kappa shape index (κ3) is 5.39. The normalized spacial score (nSPS) is 11.0. The maximum Gasteiger partial charge on any atom is 0.322 e. The number of urea groups is 1. The number of hydrogen-bond acceptors (Lipinski definition) is 4. The van der Waals surface area contributed by atoms with Gasteiger partial charge in [-0.2, -0.15) is 0 Å². The lowest BCUT2D eigenvalue weighted by molar-refractivity contribution is 0.202.